The van der Waals surface area contributed by atoms with Crippen molar-refractivity contribution in [3.63, 3.8) is 0 Å². The Morgan fingerprint density at radius 1 is 1.15 bits per heavy atom. The molecular weight excluding hydrogens is 366 g/mol. The van der Waals surface area contributed by atoms with Gasteiger partial charge in [0.2, 0.25) is 6.79 Å². The van der Waals surface area contributed by atoms with Crippen LogP contribution >= 0.6 is 11.3 Å². The number of amides is 1. The van der Waals surface area contributed by atoms with Gasteiger partial charge in [-0.15, -0.1) is 0 Å². The second-order valence-corrected chi connectivity index (χ2v) is 8.23. The van der Waals surface area contributed by atoms with E-state index in [0.29, 0.717) is 42.0 Å². The topological polar surface area (TPSA) is 68.2 Å². The smallest absolute Gasteiger partial charge is 0.254 e. The van der Waals surface area contributed by atoms with Crippen molar-refractivity contribution >= 4 is 17.2 Å². The highest BCUT2D eigenvalue weighted by molar-refractivity contribution is 7.08. The quantitative estimate of drug-likeness (QED) is 0.877. The van der Waals surface area contributed by atoms with Gasteiger partial charge >= 0.3 is 0 Å². The molecule has 1 saturated heterocycles. The summed E-state index contributed by atoms with van der Waals surface area (Å²) in [6.07, 6.45) is 0.594. The average Bonchev–Trinajstić information content (AvgIpc) is 3.41. The van der Waals surface area contributed by atoms with E-state index in [4.69, 9.17) is 14.2 Å². The summed E-state index contributed by atoms with van der Waals surface area (Å²) in [6.45, 7) is 1.67. The standard InChI is InChI=1S/C20H21NO5S/c22-16-5-13-8-21(20(23)12-3-4-27-10-12)9-14(13)6-18(16)26-15-1-2-17-19(7-15)25-11-24-17/h1-4,7,10,13-14,16,18,22H,5-6,8-9,11H2/t13-,14+,16+,18+/m0/s1. The average molecular weight is 387 g/mol. The molecule has 4 atom stereocenters. The van der Waals surface area contributed by atoms with Crippen molar-refractivity contribution in [3.05, 3.63) is 40.6 Å². The van der Waals surface area contributed by atoms with Crippen LogP contribution in [0.3, 0.4) is 0 Å². The lowest BCUT2D eigenvalue weighted by atomic mass is 9.78. The first-order valence-electron chi connectivity index (χ1n) is 9.23. The molecule has 0 bridgehead atoms. The third-order valence-electron chi connectivity index (χ3n) is 5.77. The molecule has 1 aromatic heterocycles. The van der Waals surface area contributed by atoms with Crippen LogP contribution < -0.4 is 14.2 Å². The van der Waals surface area contributed by atoms with E-state index in [0.717, 1.165) is 18.5 Å². The van der Waals surface area contributed by atoms with Gasteiger partial charge in [0, 0.05) is 24.5 Å². The summed E-state index contributed by atoms with van der Waals surface area (Å²) < 4.78 is 16.8. The number of fused-ring (bicyclic) bond motifs is 2. The first kappa shape index (κ1) is 16.9. The Kier molecular flexibility index (Phi) is 4.21. The van der Waals surface area contributed by atoms with Crippen LogP contribution in [0, 0.1) is 11.8 Å². The molecule has 1 saturated carbocycles. The monoisotopic (exact) mass is 387 g/mol. The highest BCUT2D eigenvalue weighted by atomic mass is 32.1. The summed E-state index contributed by atoms with van der Waals surface area (Å²) >= 11 is 1.54. The number of thiophene rings is 1. The number of likely N-dealkylation sites (tertiary alicyclic amines) is 1. The van der Waals surface area contributed by atoms with Gasteiger partial charge in [0.1, 0.15) is 11.9 Å². The van der Waals surface area contributed by atoms with Crippen molar-refractivity contribution in [2.45, 2.75) is 25.0 Å². The number of hydrogen-bond donors (Lipinski definition) is 1. The fourth-order valence-electron chi connectivity index (χ4n) is 4.38. The molecule has 2 fully saturated rings. The zero-order chi connectivity index (χ0) is 18.4. The zero-order valence-electron chi connectivity index (χ0n) is 14.7. The molecule has 3 heterocycles. The molecule has 0 spiro atoms. The van der Waals surface area contributed by atoms with E-state index in [9.17, 15) is 9.90 Å². The van der Waals surface area contributed by atoms with Crippen molar-refractivity contribution < 1.29 is 24.1 Å². The van der Waals surface area contributed by atoms with Crippen LogP contribution in [-0.2, 0) is 0 Å². The molecule has 0 radical (unpaired) electrons. The third kappa shape index (κ3) is 3.15. The van der Waals surface area contributed by atoms with Crippen molar-refractivity contribution in [2.24, 2.45) is 11.8 Å². The molecule has 0 unspecified atom stereocenters. The number of ether oxygens (including phenoxy) is 3. The maximum Gasteiger partial charge on any atom is 0.254 e. The molecule has 5 rings (SSSR count). The van der Waals surface area contributed by atoms with Crippen LogP contribution in [0.15, 0.2) is 35.0 Å². The summed E-state index contributed by atoms with van der Waals surface area (Å²) in [6, 6.07) is 7.34. The summed E-state index contributed by atoms with van der Waals surface area (Å²) in [7, 11) is 0. The fourth-order valence-corrected chi connectivity index (χ4v) is 5.01. The third-order valence-corrected chi connectivity index (χ3v) is 6.45. The van der Waals surface area contributed by atoms with Gasteiger partial charge in [0.25, 0.3) is 5.91 Å². The summed E-state index contributed by atoms with van der Waals surface area (Å²) in [4.78, 5) is 14.6. The molecule has 2 aromatic rings. The molecule has 6 nitrogen and oxygen atoms in total. The Morgan fingerprint density at radius 3 is 2.78 bits per heavy atom. The molecule has 3 aliphatic rings. The van der Waals surface area contributed by atoms with Gasteiger partial charge in [-0.3, -0.25) is 4.79 Å². The highest BCUT2D eigenvalue weighted by Gasteiger charge is 2.44. The molecule has 142 valence electrons. The van der Waals surface area contributed by atoms with E-state index >= 15 is 0 Å². The molecule has 1 aromatic carbocycles. The number of nitrogens with zero attached hydrogens (tertiary/aromatic N) is 1. The van der Waals surface area contributed by atoms with Crippen LogP contribution in [0.1, 0.15) is 23.2 Å². The lowest BCUT2D eigenvalue weighted by Crippen LogP contribution is -2.42. The highest BCUT2D eigenvalue weighted by Crippen LogP contribution is 2.40. The predicted molar refractivity (Wildman–Crippen MR) is 99.4 cm³/mol. The number of benzene rings is 1. The Balaban J connectivity index is 1.26. The van der Waals surface area contributed by atoms with Gasteiger partial charge in [-0.05, 0) is 48.3 Å². The van der Waals surface area contributed by atoms with Gasteiger partial charge in [-0.25, -0.2) is 0 Å². The summed E-state index contributed by atoms with van der Waals surface area (Å²) in [5.74, 6) is 2.84. The molecule has 1 aliphatic carbocycles. The number of rotatable bonds is 3. The predicted octanol–water partition coefficient (Wildman–Crippen LogP) is 2.77. The lowest BCUT2D eigenvalue weighted by Gasteiger charge is -2.35. The molecule has 2 aliphatic heterocycles. The minimum atomic E-state index is -0.534. The first-order valence-corrected chi connectivity index (χ1v) is 10.2. The van der Waals surface area contributed by atoms with E-state index < -0.39 is 6.10 Å². The second kappa shape index (κ2) is 6.73. The van der Waals surface area contributed by atoms with Gasteiger partial charge < -0.3 is 24.2 Å². The second-order valence-electron chi connectivity index (χ2n) is 7.45. The fraction of sp³-hybridized carbons (Fsp3) is 0.450. The van der Waals surface area contributed by atoms with Crippen molar-refractivity contribution in [3.8, 4) is 17.2 Å². The van der Waals surface area contributed by atoms with Crippen LogP contribution in [0.5, 0.6) is 17.2 Å². The number of hydrogen-bond acceptors (Lipinski definition) is 6. The van der Waals surface area contributed by atoms with Gasteiger partial charge in [0.05, 0.1) is 11.7 Å². The number of carbonyl (C=O) groups is 1. The SMILES string of the molecule is O=C(c1ccsc1)N1C[C@H]2C[C@@H](Oc3ccc4c(c3)OCO4)[C@H](O)C[C@H]2C1. The van der Waals surface area contributed by atoms with E-state index in [1.807, 2.05) is 39.9 Å². The maximum atomic E-state index is 12.6. The summed E-state index contributed by atoms with van der Waals surface area (Å²) in [5, 5.41) is 14.4. The van der Waals surface area contributed by atoms with E-state index in [1.54, 1.807) is 0 Å². The Bertz CT molecular complexity index is 839. The molecule has 1 N–H and O–H groups in total. The molecule has 27 heavy (non-hydrogen) atoms. The van der Waals surface area contributed by atoms with Crippen LogP contribution in [0.25, 0.3) is 0 Å². The van der Waals surface area contributed by atoms with Crippen molar-refractivity contribution in [2.75, 3.05) is 19.9 Å². The van der Waals surface area contributed by atoms with Crippen LogP contribution in [-0.4, -0.2) is 48.0 Å². The van der Waals surface area contributed by atoms with Crippen molar-refractivity contribution in [1.82, 2.24) is 4.90 Å². The normalized spacial score (nSPS) is 28.9. The van der Waals surface area contributed by atoms with Crippen LogP contribution in [0.2, 0.25) is 0 Å². The van der Waals surface area contributed by atoms with E-state index in [2.05, 4.69) is 0 Å². The Labute approximate surface area is 161 Å². The number of aliphatic hydroxyl groups is 1. The minimum absolute atomic E-state index is 0.0911. The Hall–Kier alpha value is -2.25. The molecular formula is C20H21NO5S. The maximum absolute atomic E-state index is 12.6. The number of aliphatic hydroxyl groups excluding tert-OH is 1. The van der Waals surface area contributed by atoms with E-state index in [-0.39, 0.29) is 18.8 Å². The van der Waals surface area contributed by atoms with E-state index in [1.165, 1.54) is 11.3 Å². The summed E-state index contributed by atoms with van der Waals surface area (Å²) in [5.41, 5.74) is 0.757. The van der Waals surface area contributed by atoms with Gasteiger partial charge in [0.15, 0.2) is 11.5 Å². The number of carbonyl (C=O) groups excluding carboxylic acids is 1. The lowest BCUT2D eigenvalue weighted by molar-refractivity contribution is -0.0232. The molecule has 7 heteroatoms. The first-order chi connectivity index (χ1) is 13.2. The van der Waals surface area contributed by atoms with Crippen molar-refractivity contribution in [1.29, 1.82) is 0 Å². The van der Waals surface area contributed by atoms with Crippen LogP contribution in [0.4, 0.5) is 0 Å². The van der Waals surface area contributed by atoms with Gasteiger partial charge in [-0.2, -0.15) is 11.3 Å². The zero-order valence-corrected chi connectivity index (χ0v) is 15.6. The Morgan fingerprint density at radius 2 is 1.96 bits per heavy atom. The van der Waals surface area contributed by atoms with Gasteiger partial charge in [-0.1, -0.05) is 0 Å². The minimum Gasteiger partial charge on any atom is -0.488 e. The molecule has 1 amide bonds. The largest absolute Gasteiger partial charge is 0.488 e.